The lowest BCUT2D eigenvalue weighted by atomic mass is 9.83. The van der Waals surface area contributed by atoms with Crippen molar-refractivity contribution in [2.45, 2.75) is 256 Å². The molecule has 14 rings (SSSR count). The molecule has 5 aliphatic heterocycles. The number of anilines is 4. The molecule has 1 saturated carbocycles. The van der Waals surface area contributed by atoms with Gasteiger partial charge < -0.3 is 97.6 Å². The third kappa shape index (κ3) is 29.4. The number of amides is 12. The van der Waals surface area contributed by atoms with Crippen molar-refractivity contribution in [1.82, 2.24) is 100 Å². The fourth-order valence-corrected chi connectivity index (χ4v) is 20.0. The first kappa shape index (κ1) is 111. The van der Waals surface area contributed by atoms with Crippen molar-refractivity contribution in [1.29, 1.82) is 0 Å². The topological polar surface area (TPSA) is 493 Å². The Morgan fingerprint density at radius 1 is 0.366 bits per heavy atom. The molecule has 43 heteroatoms. The van der Waals surface area contributed by atoms with Crippen molar-refractivity contribution in [2.75, 3.05) is 103 Å². The predicted octanol–water partition coefficient (Wildman–Crippen LogP) is 9.18. The molecule has 1 aliphatic carbocycles. The Bertz CT molecular complexity index is 5310. The largest absolute Gasteiger partial charge is 0.381 e. The highest BCUT2D eigenvalue weighted by Gasteiger charge is 2.49. The van der Waals surface area contributed by atoms with Crippen LogP contribution >= 0.6 is 46.1 Å². The van der Waals surface area contributed by atoms with Crippen LogP contribution in [0.5, 0.6) is 0 Å². The maximum atomic E-state index is 14.0. The molecule has 142 heavy (non-hydrogen) atoms. The average Bonchev–Trinajstić information content (AvgIpc) is 1.64. The maximum absolute atomic E-state index is 14.0. The minimum atomic E-state index is -0.980. The number of ether oxygens (including phenoxy) is 3. The molecule has 6 aliphatic rings. The zero-order valence-corrected chi connectivity index (χ0v) is 86.9. The minimum absolute atomic E-state index is 0.0380. The molecule has 6 fully saturated rings. The number of nitrogens with zero attached hydrogens (tertiary/aromatic N) is 12. The summed E-state index contributed by atoms with van der Waals surface area (Å²) >= 11 is 4.42. The van der Waals surface area contributed by atoms with Crippen molar-refractivity contribution in [3.8, 4) is 45.0 Å². The van der Waals surface area contributed by atoms with Gasteiger partial charge in [-0.2, -0.15) is 0 Å². The van der Waals surface area contributed by atoms with E-state index in [0.717, 1.165) is 126 Å². The number of likely N-dealkylation sites (N-methyl/N-ethyl adjacent to an activating group) is 3. The number of hydrogen-bond acceptors (Lipinski definition) is 31. The van der Waals surface area contributed by atoms with E-state index in [9.17, 15) is 57.5 Å². The summed E-state index contributed by atoms with van der Waals surface area (Å²) in [7, 11) is 8.02. The quantitative estimate of drug-likeness (QED) is 0.0172. The number of rotatable bonds is 37. The summed E-state index contributed by atoms with van der Waals surface area (Å²) in [4.78, 5) is 166. The number of carbonyl (C=O) groups is 12. The Labute approximate surface area is 846 Å². The number of nitrogens with one attached hydrogen (secondary N) is 12. The van der Waals surface area contributed by atoms with Crippen molar-refractivity contribution < 1.29 is 71.7 Å². The maximum Gasteiger partial charge on any atom is 0.248 e. The van der Waals surface area contributed by atoms with Crippen LogP contribution in [0.1, 0.15) is 172 Å². The van der Waals surface area contributed by atoms with Gasteiger partial charge in [0.2, 0.25) is 70.9 Å². The summed E-state index contributed by atoms with van der Waals surface area (Å²) in [6.45, 7) is 21.9. The molecule has 12 amide bonds. The van der Waals surface area contributed by atoms with Gasteiger partial charge in [0, 0.05) is 122 Å². The van der Waals surface area contributed by atoms with Gasteiger partial charge in [0.25, 0.3) is 0 Å². The molecule has 0 radical (unpaired) electrons. The molecule has 9 heterocycles. The Morgan fingerprint density at radius 3 is 0.923 bits per heavy atom. The highest BCUT2D eigenvalue weighted by molar-refractivity contribution is 7.11. The minimum Gasteiger partial charge on any atom is -0.381 e. The zero-order valence-electron chi connectivity index (χ0n) is 83.6. The second kappa shape index (κ2) is 53.7. The van der Waals surface area contributed by atoms with E-state index in [-0.39, 0.29) is 82.7 Å². The molecular weight excluding hydrogens is 1890 g/mol. The van der Waals surface area contributed by atoms with E-state index < -0.39 is 83.7 Å². The van der Waals surface area contributed by atoms with Crippen molar-refractivity contribution >= 4 is 137 Å². The number of carbonyl (C=O) groups excluding carboxylic acids is 12. The molecule has 39 nitrogen and oxygen atoms in total. The molecule has 12 atom stereocenters. The Balaban J connectivity index is 0.000000181. The van der Waals surface area contributed by atoms with Crippen LogP contribution in [0.4, 0.5) is 20.0 Å². The van der Waals surface area contributed by atoms with E-state index in [1.165, 1.54) is 24.0 Å². The summed E-state index contributed by atoms with van der Waals surface area (Å²) in [6, 6.07) is 30.5. The Morgan fingerprint density at radius 2 is 0.641 bits per heavy atom. The van der Waals surface area contributed by atoms with Crippen LogP contribution in [0, 0.1) is 17.8 Å². The van der Waals surface area contributed by atoms with E-state index in [1.54, 1.807) is 79.4 Å². The third-order valence-corrected chi connectivity index (χ3v) is 29.5. The fourth-order valence-electron chi connectivity index (χ4n) is 17.7. The molecule has 0 bridgehead atoms. The van der Waals surface area contributed by atoms with E-state index in [4.69, 9.17) is 14.2 Å². The number of likely N-dealkylation sites (tertiary alicyclic amines) is 4. The van der Waals surface area contributed by atoms with Crippen LogP contribution in [0.15, 0.2) is 121 Å². The first-order chi connectivity index (χ1) is 68.2. The highest BCUT2D eigenvalue weighted by atomic mass is 32.1. The summed E-state index contributed by atoms with van der Waals surface area (Å²) in [6.07, 6.45) is 12.4. The molecule has 8 aromatic rings. The molecule has 0 spiro atoms. The van der Waals surface area contributed by atoms with Gasteiger partial charge in [0.1, 0.15) is 91.1 Å². The van der Waals surface area contributed by atoms with Crippen LogP contribution in [-0.2, 0) is 71.7 Å². The SMILES string of the molecule is CC(C)CCN[C@@H](C)C(=O)N[C@H](C(=O)N1CCC[C@H]1C(=O)Nc1snnc1-c1ccccc1)C1CCCCC1.CN[C@@H](C)C(=O)NC(C(=O)N1CCC[C@H]1C(=O)Nc1snnc1-c1ccccc1)C(C)(C)OC.CN[C@@H](C)C(=O)NC(C(=O)N1CCC[C@H]1C(=O)Nc1snnc1-c1ccccc1)C(C)(C)OC.CN[C@@H](C)C(=O)N[C@H](C(=O)N1CCC[C@H]1C(=O)Nc1snnc1-c1ccccc1)C1CCOCC1. The van der Waals surface area contributed by atoms with E-state index >= 15 is 0 Å². The van der Waals surface area contributed by atoms with Gasteiger partial charge in [0.15, 0.2) is 0 Å². The van der Waals surface area contributed by atoms with E-state index in [0.29, 0.717) is 139 Å². The number of hydrogen-bond donors (Lipinski definition) is 12. The van der Waals surface area contributed by atoms with Gasteiger partial charge >= 0.3 is 0 Å². The third-order valence-electron chi connectivity index (χ3n) is 27.0. The van der Waals surface area contributed by atoms with Gasteiger partial charge in [-0.15, -0.1) is 20.4 Å². The smallest absolute Gasteiger partial charge is 0.248 e. The van der Waals surface area contributed by atoms with Gasteiger partial charge in [-0.05, 0) is 184 Å². The van der Waals surface area contributed by atoms with Gasteiger partial charge in [-0.3, -0.25) is 57.5 Å². The molecular formula is C99H138N24O15S4. The summed E-state index contributed by atoms with van der Waals surface area (Å²) < 4.78 is 32.6. The first-order valence-electron chi connectivity index (χ1n) is 48.8. The van der Waals surface area contributed by atoms with Crippen LogP contribution < -0.4 is 63.8 Å². The lowest BCUT2D eigenvalue weighted by Crippen LogP contribution is -2.62. The van der Waals surface area contributed by atoms with Crippen molar-refractivity contribution in [3.63, 3.8) is 0 Å². The first-order valence-corrected chi connectivity index (χ1v) is 51.9. The van der Waals surface area contributed by atoms with Crippen molar-refractivity contribution in [3.05, 3.63) is 121 Å². The number of benzene rings is 4. The van der Waals surface area contributed by atoms with Crippen molar-refractivity contribution in [2.24, 2.45) is 17.8 Å². The zero-order chi connectivity index (χ0) is 102. The molecule has 2 unspecified atom stereocenters. The van der Waals surface area contributed by atoms with E-state index in [2.05, 4.69) is 116 Å². The predicted molar refractivity (Wildman–Crippen MR) is 547 cm³/mol. The van der Waals surface area contributed by atoms with E-state index in [1.807, 2.05) is 128 Å². The second-order valence-electron chi connectivity index (χ2n) is 37.7. The lowest BCUT2D eigenvalue weighted by molar-refractivity contribution is -0.147. The van der Waals surface area contributed by atoms with Crippen LogP contribution in [0.3, 0.4) is 0 Å². The summed E-state index contributed by atoms with van der Waals surface area (Å²) in [5, 5.41) is 54.2. The summed E-state index contributed by atoms with van der Waals surface area (Å²) in [5.41, 5.74) is 3.85. The van der Waals surface area contributed by atoms with Gasteiger partial charge in [0.05, 0.1) is 35.4 Å². The van der Waals surface area contributed by atoms with Crippen LogP contribution in [0.25, 0.3) is 45.0 Å². The highest BCUT2D eigenvalue weighted by Crippen LogP contribution is 2.38. The second-order valence-corrected chi connectivity index (χ2v) is 40.7. The molecule has 12 N–H and O–H groups in total. The summed E-state index contributed by atoms with van der Waals surface area (Å²) in [5.74, 6) is -2.63. The van der Waals surface area contributed by atoms with Crippen LogP contribution in [0.2, 0.25) is 0 Å². The molecule has 4 aromatic carbocycles. The number of aromatic nitrogens is 8. The van der Waals surface area contributed by atoms with Gasteiger partial charge in [-0.25, -0.2) is 0 Å². The van der Waals surface area contributed by atoms with Gasteiger partial charge in [-0.1, -0.05) is 172 Å². The average molecular weight is 2030 g/mol. The van der Waals surface area contributed by atoms with Crippen LogP contribution in [-0.4, -0.2) is 294 Å². The monoisotopic (exact) mass is 2030 g/mol. The Kier molecular flexibility index (Phi) is 41.9. The normalized spacial score (nSPS) is 18.9. The number of methoxy groups -OCH3 is 2. The fraction of sp³-hybridized carbons (Fsp3) is 0.556. The molecule has 4 aromatic heterocycles. The molecule has 5 saturated heterocycles. The molecule has 768 valence electrons. The Hall–Kier alpha value is -11.5. The lowest BCUT2D eigenvalue weighted by Gasteiger charge is -2.37. The standard InChI is InChI=1S/C29H42N6O3S.C24H32N6O4S.2C23H32N6O4S/c1-19(2)16-17-30-20(3)26(36)31-25(22-13-8-5-9-14-22)29(38)35-18-10-15-23(35)27(37)32-28-24(33-34-39-28)21-11-6-4-7-12-21;1-15(25-2)21(31)26-20(17-10-13-34-14-11-17)24(33)30-12-6-9-18(30)22(32)27-23-19(28-29-35-23)16-7-4-3-5-8-16;2*1-14(24-4)19(30)25-18(23(2,3)33-5)22(32)29-13-9-12-16(29)20(31)26-21-17(27-28-34-21)15-10-7-6-8-11-15/h4,6-7,11-12,19-20,22-23,25,30H,5,8-10,13-18H2,1-3H3,(H,31,36)(H,32,37);3-5,7-8,15,17-18,20,25H,6,9-14H2,1-2H3,(H,26,31)(H,27,32);2*6-8,10-11,14,16,18,24H,9,12-13H2,1-5H3,(H,25,30)(H,26,31)/t20-,23-,25-;15-,18-,20-;2*14-,16-,18?/m0000/s1.